The van der Waals surface area contributed by atoms with Crippen molar-refractivity contribution in [1.82, 2.24) is 15.5 Å². The van der Waals surface area contributed by atoms with Gasteiger partial charge in [0, 0.05) is 48.4 Å². The minimum Gasteiger partial charge on any atom is -0.376 e. The Balaban J connectivity index is 1.44. The quantitative estimate of drug-likeness (QED) is 0.695. The lowest BCUT2D eigenvalue weighted by Gasteiger charge is -2.23. The average Bonchev–Trinajstić information content (AvgIpc) is 3.03. The average molecular weight is 406 g/mol. The van der Waals surface area contributed by atoms with Crippen molar-refractivity contribution in [3.8, 4) is 0 Å². The van der Waals surface area contributed by atoms with Crippen molar-refractivity contribution < 1.29 is 14.3 Å². The lowest BCUT2D eigenvalue weighted by molar-refractivity contribution is -0.124. The molecule has 3 aliphatic rings. The zero-order chi connectivity index (χ0) is 19.7. The highest BCUT2D eigenvalue weighted by Gasteiger charge is 2.51. The van der Waals surface area contributed by atoms with E-state index in [4.69, 9.17) is 4.74 Å². The molecule has 3 fully saturated rings. The summed E-state index contributed by atoms with van der Waals surface area (Å²) in [5.41, 5.74) is 0. The first kappa shape index (κ1) is 19.9. The molecule has 1 aliphatic carbocycles. The maximum atomic E-state index is 12.5. The second-order valence-corrected chi connectivity index (χ2v) is 9.79. The Morgan fingerprint density at radius 3 is 2.79 bits per heavy atom. The van der Waals surface area contributed by atoms with E-state index in [-0.39, 0.29) is 41.8 Å². The molecular weight excluding hydrogens is 374 g/mol. The fourth-order valence-corrected chi connectivity index (χ4v) is 5.44. The van der Waals surface area contributed by atoms with Gasteiger partial charge in [-0.2, -0.15) is 0 Å². The van der Waals surface area contributed by atoms with Crippen molar-refractivity contribution in [3.05, 3.63) is 22.4 Å². The van der Waals surface area contributed by atoms with Gasteiger partial charge in [0.2, 0.25) is 11.8 Å². The second kappa shape index (κ2) is 8.51. The fraction of sp³-hybridized carbons (Fsp3) is 0.714. The van der Waals surface area contributed by atoms with Crippen molar-refractivity contribution in [2.75, 3.05) is 13.2 Å². The Kier molecular flexibility index (Phi) is 6.04. The lowest BCUT2D eigenvalue weighted by Crippen LogP contribution is -2.37. The third-order valence-electron chi connectivity index (χ3n) is 6.00. The maximum Gasteiger partial charge on any atom is 0.222 e. The number of hydrogen-bond donors (Lipinski definition) is 2. The molecule has 0 spiro atoms. The zero-order valence-electron chi connectivity index (χ0n) is 16.7. The molecule has 2 saturated heterocycles. The van der Waals surface area contributed by atoms with Crippen LogP contribution in [0.3, 0.4) is 0 Å². The Morgan fingerprint density at radius 1 is 1.29 bits per heavy atom. The molecule has 6 nitrogen and oxygen atoms in total. The highest BCUT2D eigenvalue weighted by molar-refractivity contribution is 7.09. The van der Waals surface area contributed by atoms with Crippen LogP contribution in [0.5, 0.6) is 0 Å². The van der Waals surface area contributed by atoms with E-state index in [1.54, 1.807) is 11.3 Å². The summed E-state index contributed by atoms with van der Waals surface area (Å²) in [6, 6.07) is 5.05. The fourth-order valence-electron chi connectivity index (χ4n) is 4.71. The number of rotatable bonds is 8. The number of thiophene rings is 1. The number of likely N-dealkylation sites (tertiary alicyclic amines) is 1. The molecule has 0 aromatic carbocycles. The first-order valence-electron chi connectivity index (χ1n) is 10.5. The third kappa shape index (κ3) is 4.75. The molecule has 1 aromatic heterocycles. The minimum atomic E-state index is -0.101. The predicted octanol–water partition coefficient (Wildman–Crippen LogP) is 2.15. The number of carbonyl (C=O) groups is 2. The minimum absolute atomic E-state index is 0.0403. The number of nitrogens with one attached hydrogen (secondary N) is 2. The Labute approximate surface area is 171 Å². The van der Waals surface area contributed by atoms with Gasteiger partial charge in [0.05, 0.1) is 19.1 Å². The van der Waals surface area contributed by atoms with E-state index in [1.165, 1.54) is 4.88 Å². The van der Waals surface area contributed by atoms with Crippen LogP contribution in [0.25, 0.3) is 0 Å². The summed E-state index contributed by atoms with van der Waals surface area (Å²) in [7, 11) is 0. The summed E-state index contributed by atoms with van der Waals surface area (Å²) >= 11 is 1.77. The monoisotopic (exact) mass is 405 g/mol. The van der Waals surface area contributed by atoms with Crippen LogP contribution in [0.1, 0.15) is 44.4 Å². The van der Waals surface area contributed by atoms with Gasteiger partial charge in [0.1, 0.15) is 0 Å². The second-order valence-electron chi connectivity index (χ2n) is 8.76. The molecule has 1 saturated carbocycles. The van der Waals surface area contributed by atoms with Crippen LogP contribution >= 0.6 is 11.3 Å². The van der Waals surface area contributed by atoms with Gasteiger partial charge in [0.15, 0.2) is 0 Å². The van der Waals surface area contributed by atoms with Gasteiger partial charge < -0.3 is 15.4 Å². The van der Waals surface area contributed by atoms with Crippen LogP contribution in [-0.2, 0) is 20.9 Å². The topological polar surface area (TPSA) is 70.7 Å². The number of ether oxygens (including phenoxy) is 1. The summed E-state index contributed by atoms with van der Waals surface area (Å²) in [4.78, 5) is 28.6. The van der Waals surface area contributed by atoms with Gasteiger partial charge in [-0.05, 0) is 44.1 Å². The van der Waals surface area contributed by atoms with Crippen LogP contribution in [0, 0.1) is 11.8 Å². The number of nitrogens with zero attached hydrogens (tertiary/aromatic N) is 1. The molecular formula is C21H31N3O3S. The molecule has 2 N–H and O–H groups in total. The molecule has 0 radical (unpaired) electrons. The molecule has 4 atom stereocenters. The molecule has 3 heterocycles. The molecule has 0 bridgehead atoms. The number of amides is 2. The first-order chi connectivity index (χ1) is 13.5. The summed E-state index contributed by atoms with van der Waals surface area (Å²) in [6.45, 7) is 6.39. The van der Waals surface area contributed by atoms with E-state index in [9.17, 15) is 9.59 Å². The van der Waals surface area contributed by atoms with Crippen LogP contribution in [0.15, 0.2) is 17.5 Å². The molecule has 2 amide bonds. The van der Waals surface area contributed by atoms with Gasteiger partial charge in [-0.3, -0.25) is 14.5 Å². The van der Waals surface area contributed by atoms with E-state index < -0.39 is 0 Å². The van der Waals surface area contributed by atoms with E-state index in [0.29, 0.717) is 25.5 Å². The molecule has 154 valence electrons. The van der Waals surface area contributed by atoms with Crippen molar-refractivity contribution in [1.29, 1.82) is 0 Å². The highest BCUT2D eigenvalue weighted by atomic mass is 32.1. The third-order valence-corrected chi connectivity index (χ3v) is 6.86. The molecule has 28 heavy (non-hydrogen) atoms. The van der Waals surface area contributed by atoms with Crippen LogP contribution in [0.2, 0.25) is 0 Å². The molecule has 4 rings (SSSR count). The predicted molar refractivity (Wildman–Crippen MR) is 109 cm³/mol. The van der Waals surface area contributed by atoms with E-state index >= 15 is 0 Å². The summed E-state index contributed by atoms with van der Waals surface area (Å²) in [5.74, 6) is 0.672. The smallest absolute Gasteiger partial charge is 0.222 e. The van der Waals surface area contributed by atoms with E-state index in [2.05, 4.69) is 33.0 Å². The number of hydrogen-bond acceptors (Lipinski definition) is 5. The van der Waals surface area contributed by atoms with Crippen molar-refractivity contribution in [2.24, 2.45) is 11.8 Å². The standard InChI is InChI=1S/C21H31N3O3S/c1-13(2)22-20(26)9-18-21-14(8-19(25)23-15-5-6-15)10-24(17(21)12-27-18)11-16-4-3-7-28-16/h3-4,7,13-15,17-18,21H,5-6,8-12H2,1-2H3,(H,22,26)(H,23,25)/t14-,17-,18+,21-/m1/s1. The van der Waals surface area contributed by atoms with E-state index in [0.717, 1.165) is 25.9 Å². The van der Waals surface area contributed by atoms with Crippen LogP contribution < -0.4 is 10.6 Å². The van der Waals surface area contributed by atoms with Crippen LogP contribution in [0.4, 0.5) is 0 Å². The maximum absolute atomic E-state index is 12.5. The Bertz CT molecular complexity index is 689. The Morgan fingerprint density at radius 2 is 2.11 bits per heavy atom. The SMILES string of the molecule is CC(C)NC(=O)C[C@@H]1OC[C@@H]2[C@H]1[C@H](CC(=O)NC1CC1)CN2Cc1cccs1. The molecule has 1 aromatic rings. The zero-order valence-corrected chi connectivity index (χ0v) is 17.5. The lowest BCUT2D eigenvalue weighted by atomic mass is 9.84. The van der Waals surface area contributed by atoms with Gasteiger partial charge in [-0.25, -0.2) is 0 Å². The van der Waals surface area contributed by atoms with Gasteiger partial charge in [0.25, 0.3) is 0 Å². The molecule has 0 unspecified atom stereocenters. The summed E-state index contributed by atoms with van der Waals surface area (Å²) in [6.07, 6.45) is 3.02. The normalized spacial score (nSPS) is 29.8. The van der Waals surface area contributed by atoms with Crippen molar-refractivity contribution in [2.45, 2.75) is 70.3 Å². The molecule has 2 aliphatic heterocycles. The van der Waals surface area contributed by atoms with E-state index in [1.807, 2.05) is 13.8 Å². The van der Waals surface area contributed by atoms with Gasteiger partial charge in [-0.15, -0.1) is 11.3 Å². The van der Waals surface area contributed by atoms with Crippen molar-refractivity contribution >= 4 is 23.2 Å². The summed E-state index contributed by atoms with van der Waals surface area (Å²) < 4.78 is 6.10. The number of fused-ring (bicyclic) bond motifs is 1. The number of carbonyl (C=O) groups excluding carboxylic acids is 2. The largest absolute Gasteiger partial charge is 0.376 e. The molecule has 7 heteroatoms. The van der Waals surface area contributed by atoms with Gasteiger partial charge in [-0.1, -0.05) is 6.07 Å². The Hall–Kier alpha value is -1.44. The summed E-state index contributed by atoms with van der Waals surface area (Å²) in [5, 5.41) is 8.21. The first-order valence-corrected chi connectivity index (χ1v) is 11.3. The van der Waals surface area contributed by atoms with Gasteiger partial charge >= 0.3 is 0 Å². The van der Waals surface area contributed by atoms with Crippen LogP contribution in [-0.4, -0.2) is 54.1 Å². The highest BCUT2D eigenvalue weighted by Crippen LogP contribution is 2.42. The van der Waals surface area contributed by atoms with Crippen molar-refractivity contribution in [3.63, 3.8) is 0 Å².